The number of aliphatic hydroxyl groups is 1. The molecule has 1 aliphatic rings. The Hall–Kier alpha value is -2.79. The number of ether oxygens (including phenoxy) is 2. The molecule has 28 heavy (non-hydrogen) atoms. The van der Waals surface area contributed by atoms with Crippen molar-refractivity contribution in [2.75, 3.05) is 19.7 Å². The van der Waals surface area contributed by atoms with E-state index in [-0.39, 0.29) is 12.7 Å². The monoisotopic (exact) mass is 381 g/mol. The van der Waals surface area contributed by atoms with Gasteiger partial charge in [0.25, 0.3) is 0 Å². The van der Waals surface area contributed by atoms with Crippen molar-refractivity contribution in [2.45, 2.75) is 33.0 Å². The lowest BCUT2D eigenvalue weighted by Crippen LogP contribution is -2.35. The van der Waals surface area contributed by atoms with Crippen LogP contribution in [0, 0.1) is 0 Å². The topological polar surface area (TPSA) is 59.0 Å². The average Bonchev–Trinajstić information content (AvgIpc) is 3.11. The van der Waals surface area contributed by atoms with Gasteiger partial charge in [-0.25, -0.2) is 4.79 Å². The summed E-state index contributed by atoms with van der Waals surface area (Å²) < 4.78 is 11.3. The van der Waals surface area contributed by atoms with E-state index in [1.807, 2.05) is 75.4 Å². The fourth-order valence-electron chi connectivity index (χ4n) is 3.07. The van der Waals surface area contributed by atoms with Gasteiger partial charge >= 0.3 is 6.09 Å². The Morgan fingerprint density at radius 1 is 1.04 bits per heavy atom. The minimum atomic E-state index is -0.545. The van der Waals surface area contributed by atoms with Crippen molar-refractivity contribution >= 4 is 11.7 Å². The highest BCUT2D eigenvalue weighted by atomic mass is 16.6. The zero-order chi connectivity index (χ0) is 20.1. The molecule has 0 atom stereocenters. The third kappa shape index (κ3) is 5.14. The van der Waals surface area contributed by atoms with E-state index < -0.39 is 5.60 Å². The van der Waals surface area contributed by atoms with Crippen LogP contribution in [0.15, 0.2) is 60.2 Å². The fourth-order valence-corrected chi connectivity index (χ4v) is 3.07. The molecule has 0 bridgehead atoms. The summed E-state index contributed by atoms with van der Waals surface area (Å²) >= 11 is 0. The molecule has 0 saturated heterocycles. The van der Waals surface area contributed by atoms with Crippen molar-refractivity contribution in [2.24, 2.45) is 0 Å². The first-order valence-corrected chi connectivity index (χ1v) is 9.42. The second-order valence-electron chi connectivity index (χ2n) is 7.88. The van der Waals surface area contributed by atoms with E-state index >= 15 is 0 Å². The molecule has 5 nitrogen and oxygen atoms in total. The standard InChI is InChI=1S/C23H27NO4/c1-23(2,3)28-22(26)24-13-19(15-25)21(14-24)18-9-11-20(12-10-18)27-16-17-7-5-4-6-8-17/h4-12,25H,13-16H2,1-3H3. The van der Waals surface area contributed by atoms with Crippen LogP contribution >= 0.6 is 0 Å². The lowest BCUT2D eigenvalue weighted by Gasteiger charge is -2.24. The van der Waals surface area contributed by atoms with Crippen molar-refractivity contribution < 1.29 is 19.4 Å². The van der Waals surface area contributed by atoms with Gasteiger partial charge in [0.1, 0.15) is 18.0 Å². The number of nitrogens with zero attached hydrogens (tertiary/aromatic N) is 1. The highest BCUT2D eigenvalue weighted by molar-refractivity contribution is 5.80. The number of benzene rings is 2. The number of hydrogen-bond acceptors (Lipinski definition) is 4. The van der Waals surface area contributed by atoms with Gasteiger partial charge in [0, 0.05) is 6.54 Å². The van der Waals surface area contributed by atoms with Crippen LogP contribution in [0.5, 0.6) is 5.75 Å². The van der Waals surface area contributed by atoms with E-state index in [1.54, 1.807) is 4.90 Å². The first-order chi connectivity index (χ1) is 13.4. The molecule has 1 N–H and O–H groups in total. The molecule has 0 fully saturated rings. The number of aliphatic hydroxyl groups excluding tert-OH is 1. The van der Waals surface area contributed by atoms with Gasteiger partial charge in [-0.3, -0.25) is 4.90 Å². The summed E-state index contributed by atoms with van der Waals surface area (Å²) in [4.78, 5) is 14.0. The Kier molecular flexibility index (Phi) is 6.05. The molecule has 0 radical (unpaired) electrons. The van der Waals surface area contributed by atoms with E-state index in [1.165, 1.54) is 0 Å². The van der Waals surface area contributed by atoms with Gasteiger partial charge in [-0.15, -0.1) is 0 Å². The molecule has 1 heterocycles. The molecule has 1 aliphatic heterocycles. The zero-order valence-electron chi connectivity index (χ0n) is 16.6. The molecule has 0 aromatic heterocycles. The van der Waals surface area contributed by atoms with Crippen LogP contribution in [0.3, 0.4) is 0 Å². The summed E-state index contributed by atoms with van der Waals surface area (Å²) in [5.41, 5.74) is 3.34. The maximum atomic E-state index is 12.3. The summed E-state index contributed by atoms with van der Waals surface area (Å²) in [5.74, 6) is 0.778. The first kappa shape index (κ1) is 20.0. The first-order valence-electron chi connectivity index (χ1n) is 9.42. The van der Waals surface area contributed by atoms with Crippen molar-refractivity contribution in [1.82, 2.24) is 4.90 Å². The molecule has 0 spiro atoms. The van der Waals surface area contributed by atoms with E-state index in [9.17, 15) is 9.90 Å². The summed E-state index contributed by atoms with van der Waals surface area (Å²) in [5, 5.41) is 9.73. The van der Waals surface area contributed by atoms with Gasteiger partial charge in [0.05, 0.1) is 13.2 Å². The SMILES string of the molecule is CC(C)(C)OC(=O)N1CC(CO)=C(c2ccc(OCc3ccccc3)cc2)C1. The molecule has 148 valence electrons. The molecule has 0 saturated carbocycles. The summed E-state index contributed by atoms with van der Waals surface area (Å²) in [6, 6.07) is 17.8. The molecular formula is C23H27NO4. The number of carbonyl (C=O) groups excluding carboxylic acids is 1. The lowest BCUT2D eigenvalue weighted by atomic mass is 10.0. The van der Waals surface area contributed by atoms with E-state index in [0.29, 0.717) is 19.7 Å². The number of carbonyl (C=O) groups is 1. The van der Waals surface area contributed by atoms with Gasteiger partial charge < -0.3 is 14.6 Å². The Labute approximate surface area is 166 Å². The average molecular weight is 381 g/mol. The van der Waals surface area contributed by atoms with E-state index in [2.05, 4.69) is 0 Å². The smallest absolute Gasteiger partial charge is 0.410 e. The molecule has 2 aromatic carbocycles. The van der Waals surface area contributed by atoms with Crippen LogP contribution < -0.4 is 4.74 Å². The highest BCUT2D eigenvalue weighted by Crippen LogP contribution is 2.29. The van der Waals surface area contributed by atoms with Crippen LogP contribution in [-0.2, 0) is 11.3 Å². The van der Waals surface area contributed by atoms with Crippen molar-refractivity contribution in [1.29, 1.82) is 0 Å². The second-order valence-corrected chi connectivity index (χ2v) is 7.88. The molecule has 5 heteroatoms. The normalized spacial score (nSPS) is 14.4. The molecule has 2 aromatic rings. The van der Waals surface area contributed by atoms with Gasteiger partial charge in [0.2, 0.25) is 0 Å². The predicted octanol–water partition coefficient (Wildman–Crippen LogP) is 4.26. The highest BCUT2D eigenvalue weighted by Gasteiger charge is 2.29. The van der Waals surface area contributed by atoms with E-state index in [0.717, 1.165) is 28.0 Å². The minimum absolute atomic E-state index is 0.0825. The molecular weight excluding hydrogens is 354 g/mol. The van der Waals surface area contributed by atoms with E-state index in [4.69, 9.17) is 9.47 Å². The lowest BCUT2D eigenvalue weighted by molar-refractivity contribution is 0.0301. The van der Waals surface area contributed by atoms with Crippen LogP contribution in [0.4, 0.5) is 4.79 Å². The molecule has 1 amide bonds. The van der Waals surface area contributed by atoms with Crippen LogP contribution in [0.2, 0.25) is 0 Å². The van der Waals surface area contributed by atoms with Gasteiger partial charge in [-0.1, -0.05) is 42.5 Å². The largest absolute Gasteiger partial charge is 0.489 e. The maximum absolute atomic E-state index is 12.3. The number of hydrogen-bond donors (Lipinski definition) is 1. The molecule has 0 unspecified atom stereocenters. The number of rotatable bonds is 5. The number of amides is 1. The summed E-state index contributed by atoms with van der Waals surface area (Å²) in [7, 11) is 0. The second kappa shape index (κ2) is 8.48. The van der Waals surface area contributed by atoms with Crippen molar-refractivity contribution in [3.63, 3.8) is 0 Å². The quantitative estimate of drug-likeness (QED) is 0.841. The van der Waals surface area contributed by atoms with Crippen molar-refractivity contribution in [3.8, 4) is 5.75 Å². The Balaban J connectivity index is 1.65. The van der Waals surface area contributed by atoms with Gasteiger partial charge in [-0.2, -0.15) is 0 Å². The predicted molar refractivity (Wildman–Crippen MR) is 109 cm³/mol. The summed E-state index contributed by atoms with van der Waals surface area (Å²) in [6.07, 6.45) is -0.365. The van der Waals surface area contributed by atoms with Crippen LogP contribution in [0.1, 0.15) is 31.9 Å². The zero-order valence-corrected chi connectivity index (χ0v) is 16.6. The third-order valence-corrected chi connectivity index (χ3v) is 4.45. The fraction of sp³-hybridized carbons (Fsp3) is 0.348. The Bertz CT molecular complexity index is 835. The molecule has 0 aliphatic carbocycles. The van der Waals surface area contributed by atoms with Crippen LogP contribution in [-0.4, -0.2) is 41.4 Å². The maximum Gasteiger partial charge on any atom is 0.410 e. The third-order valence-electron chi connectivity index (χ3n) is 4.45. The molecule has 3 rings (SSSR count). The summed E-state index contributed by atoms with van der Waals surface area (Å²) in [6.45, 7) is 6.77. The van der Waals surface area contributed by atoms with Crippen molar-refractivity contribution in [3.05, 3.63) is 71.3 Å². The van der Waals surface area contributed by atoms with Gasteiger partial charge in [0.15, 0.2) is 0 Å². The van der Waals surface area contributed by atoms with Gasteiger partial charge in [-0.05, 0) is 55.2 Å². The Morgan fingerprint density at radius 3 is 2.32 bits per heavy atom. The Morgan fingerprint density at radius 2 is 1.71 bits per heavy atom. The minimum Gasteiger partial charge on any atom is -0.489 e. The van der Waals surface area contributed by atoms with Crippen LogP contribution in [0.25, 0.3) is 5.57 Å².